The van der Waals surface area contributed by atoms with Crippen molar-refractivity contribution in [1.82, 2.24) is 0 Å². The maximum atomic E-state index is 6.34. The average molecular weight is 259 g/mol. The van der Waals surface area contributed by atoms with E-state index < -0.39 is 0 Å². The van der Waals surface area contributed by atoms with Crippen molar-refractivity contribution in [3.63, 3.8) is 0 Å². The number of ether oxygens (including phenoxy) is 1. The molecule has 0 spiro atoms. The van der Waals surface area contributed by atoms with E-state index in [0.717, 1.165) is 17.1 Å². The third-order valence-corrected chi connectivity index (χ3v) is 3.32. The number of aryl methyl sites for hydroxylation is 3. The first kappa shape index (κ1) is 13.8. The summed E-state index contributed by atoms with van der Waals surface area (Å²) in [5.74, 6) is 1.58. The van der Waals surface area contributed by atoms with Gasteiger partial charge in [-0.2, -0.15) is 0 Å². The second kappa shape index (κ2) is 5.59. The van der Waals surface area contributed by atoms with E-state index in [2.05, 4.69) is 32.9 Å². The van der Waals surface area contributed by atoms with Crippen molar-refractivity contribution in [2.24, 2.45) is 5.73 Å². The van der Waals surface area contributed by atoms with E-state index in [0.29, 0.717) is 6.61 Å². The maximum Gasteiger partial charge on any atom is 0.129 e. The molecule has 1 atom stereocenters. The first-order valence-electron chi connectivity index (χ1n) is 6.43. The minimum Gasteiger partial charge on any atom is -0.462 e. The van der Waals surface area contributed by atoms with Crippen LogP contribution in [0.4, 0.5) is 0 Å². The van der Waals surface area contributed by atoms with Crippen LogP contribution in [-0.2, 0) is 11.3 Å². The fourth-order valence-electron chi connectivity index (χ4n) is 2.61. The Morgan fingerprint density at radius 1 is 1.16 bits per heavy atom. The quantitative estimate of drug-likeness (QED) is 0.915. The number of hydrogen-bond donors (Lipinski definition) is 1. The van der Waals surface area contributed by atoms with Gasteiger partial charge in [0.25, 0.3) is 0 Å². The van der Waals surface area contributed by atoms with Gasteiger partial charge in [-0.15, -0.1) is 0 Å². The third kappa shape index (κ3) is 2.88. The summed E-state index contributed by atoms with van der Waals surface area (Å²) in [7, 11) is 1.65. The zero-order chi connectivity index (χ0) is 14.0. The van der Waals surface area contributed by atoms with Crippen LogP contribution in [0.2, 0.25) is 0 Å². The Morgan fingerprint density at radius 2 is 1.79 bits per heavy atom. The van der Waals surface area contributed by atoms with Crippen LogP contribution in [-0.4, -0.2) is 7.11 Å². The maximum absolute atomic E-state index is 6.34. The molecule has 3 nitrogen and oxygen atoms in total. The minimum absolute atomic E-state index is 0.230. The van der Waals surface area contributed by atoms with Crippen molar-refractivity contribution in [1.29, 1.82) is 0 Å². The van der Waals surface area contributed by atoms with Gasteiger partial charge in [0.2, 0.25) is 0 Å². The molecule has 0 aliphatic rings. The predicted molar refractivity (Wildman–Crippen MR) is 76.1 cm³/mol. The van der Waals surface area contributed by atoms with Gasteiger partial charge in [-0.25, -0.2) is 0 Å². The normalized spacial score (nSPS) is 12.7. The molecule has 2 aromatic rings. The summed E-state index contributed by atoms with van der Waals surface area (Å²) in [5, 5.41) is 0. The molecule has 0 bridgehead atoms. The molecule has 0 fully saturated rings. The van der Waals surface area contributed by atoms with Crippen LogP contribution in [0.5, 0.6) is 0 Å². The molecule has 2 N–H and O–H groups in total. The van der Waals surface area contributed by atoms with E-state index in [9.17, 15) is 0 Å². The molecule has 0 saturated heterocycles. The van der Waals surface area contributed by atoms with Crippen LogP contribution in [0.1, 0.15) is 39.8 Å². The van der Waals surface area contributed by atoms with Crippen molar-refractivity contribution in [3.8, 4) is 0 Å². The lowest BCUT2D eigenvalue weighted by Gasteiger charge is -2.16. The molecule has 1 heterocycles. The Kier molecular flexibility index (Phi) is 4.08. The van der Waals surface area contributed by atoms with Gasteiger partial charge < -0.3 is 14.9 Å². The second-order valence-electron chi connectivity index (χ2n) is 5.03. The molecule has 0 aliphatic carbocycles. The van der Waals surface area contributed by atoms with Crippen LogP contribution >= 0.6 is 0 Å². The number of benzene rings is 1. The van der Waals surface area contributed by atoms with E-state index in [-0.39, 0.29) is 6.04 Å². The van der Waals surface area contributed by atoms with Crippen LogP contribution in [0.25, 0.3) is 0 Å². The Hall–Kier alpha value is -1.58. The molecule has 2 rings (SSSR count). The largest absolute Gasteiger partial charge is 0.462 e. The van der Waals surface area contributed by atoms with Gasteiger partial charge in [0, 0.05) is 7.11 Å². The van der Waals surface area contributed by atoms with Crippen molar-refractivity contribution in [3.05, 3.63) is 58.0 Å². The van der Waals surface area contributed by atoms with Gasteiger partial charge in [0.1, 0.15) is 18.1 Å². The van der Waals surface area contributed by atoms with Crippen molar-refractivity contribution < 1.29 is 9.15 Å². The Labute approximate surface area is 114 Å². The number of furan rings is 1. The lowest BCUT2D eigenvalue weighted by Crippen LogP contribution is -2.14. The predicted octanol–water partition coefficient (Wildman–Crippen LogP) is 3.40. The molecule has 0 amide bonds. The molecule has 1 aromatic heterocycles. The molecule has 0 saturated carbocycles. The smallest absolute Gasteiger partial charge is 0.129 e. The summed E-state index contributed by atoms with van der Waals surface area (Å²) in [6.07, 6.45) is 0. The molecule has 3 heteroatoms. The van der Waals surface area contributed by atoms with Gasteiger partial charge in [0.05, 0.1) is 6.04 Å². The molecular formula is C16H21NO2. The van der Waals surface area contributed by atoms with E-state index >= 15 is 0 Å². The summed E-state index contributed by atoms with van der Waals surface area (Å²) in [5.41, 5.74) is 11.1. The van der Waals surface area contributed by atoms with Gasteiger partial charge in [-0.3, -0.25) is 0 Å². The Bertz CT molecular complexity index is 549. The second-order valence-corrected chi connectivity index (χ2v) is 5.03. The summed E-state index contributed by atoms with van der Waals surface area (Å²) >= 11 is 0. The van der Waals surface area contributed by atoms with Crippen molar-refractivity contribution in [2.45, 2.75) is 33.4 Å². The first-order valence-corrected chi connectivity index (χ1v) is 6.43. The number of hydrogen-bond acceptors (Lipinski definition) is 3. The monoisotopic (exact) mass is 259 g/mol. The highest BCUT2D eigenvalue weighted by Gasteiger charge is 2.17. The Morgan fingerprint density at radius 3 is 2.37 bits per heavy atom. The van der Waals surface area contributed by atoms with Gasteiger partial charge in [-0.1, -0.05) is 17.7 Å². The Balaban J connectivity index is 2.35. The van der Waals surface area contributed by atoms with Gasteiger partial charge >= 0.3 is 0 Å². The molecule has 0 radical (unpaired) electrons. The lowest BCUT2D eigenvalue weighted by atomic mass is 9.93. The van der Waals surface area contributed by atoms with Crippen LogP contribution in [0, 0.1) is 20.8 Å². The van der Waals surface area contributed by atoms with Crippen molar-refractivity contribution >= 4 is 0 Å². The summed E-state index contributed by atoms with van der Waals surface area (Å²) in [6.45, 7) is 6.75. The summed E-state index contributed by atoms with van der Waals surface area (Å²) in [4.78, 5) is 0. The molecule has 0 aliphatic heterocycles. The summed E-state index contributed by atoms with van der Waals surface area (Å²) < 4.78 is 10.8. The third-order valence-electron chi connectivity index (χ3n) is 3.32. The van der Waals surface area contributed by atoms with Crippen LogP contribution in [0.3, 0.4) is 0 Å². The van der Waals surface area contributed by atoms with E-state index in [1.807, 2.05) is 12.1 Å². The standard InChI is InChI=1S/C16H21NO2/c1-10-7-11(2)15(12(3)8-10)16(17)14-6-5-13(19-14)9-18-4/h5-8,16H,9,17H2,1-4H3. The highest BCUT2D eigenvalue weighted by Crippen LogP contribution is 2.28. The van der Waals surface area contributed by atoms with Gasteiger partial charge in [-0.05, 0) is 49.6 Å². The lowest BCUT2D eigenvalue weighted by molar-refractivity contribution is 0.162. The molecule has 1 aromatic carbocycles. The van der Waals surface area contributed by atoms with Crippen molar-refractivity contribution in [2.75, 3.05) is 7.11 Å². The zero-order valence-electron chi connectivity index (χ0n) is 12.0. The number of methoxy groups -OCH3 is 1. The molecule has 19 heavy (non-hydrogen) atoms. The van der Waals surface area contributed by atoms with Crippen LogP contribution < -0.4 is 5.73 Å². The number of nitrogens with two attached hydrogens (primary N) is 1. The fourth-order valence-corrected chi connectivity index (χ4v) is 2.61. The van der Waals surface area contributed by atoms with E-state index in [1.54, 1.807) is 7.11 Å². The zero-order valence-corrected chi connectivity index (χ0v) is 12.0. The average Bonchev–Trinajstić information content (AvgIpc) is 2.76. The van der Waals surface area contributed by atoms with E-state index in [4.69, 9.17) is 14.9 Å². The molecular weight excluding hydrogens is 238 g/mol. The topological polar surface area (TPSA) is 48.4 Å². The fraction of sp³-hybridized carbons (Fsp3) is 0.375. The number of rotatable bonds is 4. The molecule has 102 valence electrons. The van der Waals surface area contributed by atoms with E-state index in [1.165, 1.54) is 16.7 Å². The molecule has 1 unspecified atom stereocenters. The highest BCUT2D eigenvalue weighted by atomic mass is 16.5. The highest BCUT2D eigenvalue weighted by molar-refractivity contribution is 5.42. The van der Waals surface area contributed by atoms with Gasteiger partial charge in [0.15, 0.2) is 0 Å². The first-order chi connectivity index (χ1) is 9.02. The minimum atomic E-state index is -0.230. The summed E-state index contributed by atoms with van der Waals surface area (Å²) in [6, 6.07) is 7.92. The van der Waals surface area contributed by atoms with Crippen LogP contribution in [0.15, 0.2) is 28.7 Å². The SMILES string of the molecule is COCc1ccc(C(N)c2c(C)cc(C)cc2C)o1.